The molecule has 0 atom stereocenters. The Kier molecular flexibility index (Phi) is 5.73. The van der Waals surface area contributed by atoms with Crippen LogP contribution in [0.25, 0.3) is 17.4 Å². The summed E-state index contributed by atoms with van der Waals surface area (Å²) in [6.07, 6.45) is 1.21. The van der Waals surface area contributed by atoms with Crippen molar-refractivity contribution in [2.45, 2.75) is 6.92 Å². The number of barbiturate groups is 1. The maximum Gasteiger partial charge on any atom is 0.336 e. The molecule has 3 aromatic rings. The number of rotatable bonds is 6. The van der Waals surface area contributed by atoms with Crippen molar-refractivity contribution in [2.75, 3.05) is 11.5 Å². The Labute approximate surface area is 187 Å². The fraction of sp³-hybridized carbons (Fsp3) is 0.0870. The summed E-state index contributed by atoms with van der Waals surface area (Å²) in [5.41, 5.74) is 0.223. The number of urea groups is 1. The van der Waals surface area contributed by atoms with E-state index in [0.717, 1.165) is 4.90 Å². The highest BCUT2D eigenvalue weighted by Crippen LogP contribution is 2.32. The molecule has 1 N–H and O–H groups in total. The topological polar surface area (TPSA) is 132 Å². The molecule has 33 heavy (non-hydrogen) atoms. The van der Waals surface area contributed by atoms with Gasteiger partial charge in [0.1, 0.15) is 22.8 Å². The van der Waals surface area contributed by atoms with Crippen LogP contribution in [0, 0.1) is 10.1 Å². The normalized spacial score (nSPS) is 15.0. The van der Waals surface area contributed by atoms with Crippen molar-refractivity contribution in [2.24, 2.45) is 0 Å². The number of hydrogen-bond acceptors (Lipinski definition) is 7. The zero-order valence-corrected chi connectivity index (χ0v) is 17.3. The van der Waals surface area contributed by atoms with E-state index < -0.39 is 22.8 Å². The van der Waals surface area contributed by atoms with Crippen LogP contribution in [0.2, 0.25) is 0 Å². The summed E-state index contributed by atoms with van der Waals surface area (Å²) in [6, 6.07) is 14.5. The highest BCUT2D eigenvalue weighted by atomic mass is 16.6. The molecule has 10 nitrogen and oxygen atoms in total. The minimum Gasteiger partial charge on any atom is -0.492 e. The number of carbonyl (C=O) groups is 3. The predicted molar refractivity (Wildman–Crippen MR) is 117 cm³/mol. The van der Waals surface area contributed by atoms with Gasteiger partial charge in [0.25, 0.3) is 17.5 Å². The first-order chi connectivity index (χ1) is 15.9. The predicted octanol–water partition coefficient (Wildman–Crippen LogP) is 3.92. The van der Waals surface area contributed by atoms with Gasteiger partial charge >= 0.3 is 6.03 Å². The van der Waals surface area contributed by atoms with Crippen LogP contribution in [0.5, 0.6) is 5.75 Å². The number of benzene rings is 2. The number of nitrogens with zero attached hydrogens (tertiary/aromatic N) is 2. The molecule has 1 saturated heterocycles. The first-order valence-electron chi connectivity index (χ1n) is 9.87. The first kappa shape index (κ1) is 21.5. The second-order valence-corrected chi connectivity index (χ2v) is 6.87. The summed E-state index contributed by atoms with van der Waals surface area (Å²) >= 11 is 0. The van der Waals surface area contributed by atoms with Crippen molar-refractivity contribution in [3.63, 3.8) is 0 Å². The van der Waals surface area contributed by atoms with Crippen LogP contribution < -0.4 is 15.0 Å². The van der Waals surface area contributed by atoms with Crippen LogP contribution in [0.1, 0.15) is 12.7 Å². The van der Waals surface area contributed by atoms with Gasteiger partial charge in [0, 0.05) is 17.7 Å². The molecule has 4 rings (SSSR count). The van der Waals surface area contributed by atoms with Crippen LogP contribution in [0.4, 0.5) is 16.2 Å². The Morgan fingerprint density at radius 2 is 1.88 bits per heavy atom. The zero-order valence-electron chi connectivity index (χ0n) is 17.3. The number of para-hydroxylation sites is 2. The van der Waals surface area contributed by atoms with Crippen molar-refractivity contribution >= 4 is 35.3 Å². The standard InChI is InChI=1S/C23H17N3O7/c1-2-32-20-9-4-3-8-18(20)25-22(28)17(21(27)24-23(25)29)13-16-10-11-19(33-16)14-6-5-7-15(12-14)26(30)31/h3-13H,2H2,1H3,(H,24,27,29)/b17-13+. The Balaban J connectivity index is 1.68. The molecule has 0 spiro atoms. The number of carbonyl (C=O) groups excluding carboxylic acids is 3. The SMILES string of the molecule is CCOc1ccccc1N1C(=O)NC(=O)/C(=C\c2ccc(-c3cccc([N+](=O)[O-])c3)o2)C1=O. The molecule has 1 aliphatic heterocycles. The lowest BCUT2D eigenvalue weighted by Gasteiger charge is -2.27. The number of non-ortho nitro benzene ring substituents is 1. The van der Waals surface area contributed by atoms with Crippen molar-refractivity contribution in [3.05, 3.63) is 82.1 Å². The molecule has 1 aliphatic rings. The largest absolute Gasteiger partial charge is 0.492 e. The smallest absolute Gasteiger partial charge is 0.336 e. The molecule has 1 fully saturated rings. The van der Waals surface area contributed by atoms with Crippen molar-refractivity contribution < 1.29 is 28.5 Å². The average Bonchev–Trinajstić information content (AvgIpc) is 3.27. The van der Waals surface area contributed by atoms with Gasteiger partial charge in [-0.15, -0.1) is 0 Å². The van der Waals surface area contributed by atoms with Gasteiger partial charge in [0.15, 0.2) is 0 Å². The second-order valence-electron chi connectivity index (χ2n) is 6.87. The molecule has 0 saturated carbocycles. The molecule has 10 heteroatoms. The lowest BCUT2D eigenvalue weighted by Crippen LogP contribution is -2.54. The van der Waals surface area contributed by atoms with Crippen LogP contribution in [-0.2, 0) is 9.59 Å². The summed E-state index contributed by atoms with van der Waals surface area (Å²) in [5.74, 6) is -0.943. The third-order valence-corrected chi connectivity index (χ3v) is 4.76. The van der Waals surface area contributed by atoms with Crippen LogP contribution in [0.15, 0.2) is 70.7 Å². The van der Waals surface area contributed by atoms with E-state index >= 15 is 0 Å². The van der Waals surface area contributed by atoms with Crippen LogP contribution in [0.3, 0.4) is 0 Å². The quantitative estimate of drug-likeness (QED) is 0.262. The van der Waals surface area contributed by atoms with E-state index in [9.17, 15) is 24.5 Å². The molecule has 0 aliphatic carbocycles. The Morgan fingerprint density at radius 1 is 1.09 bits per heavy atom. The fourth-order valence-corrected chi connectivity index (χ4v) is 3.30. The lowest BCUT2D eigenvalue weighted by atomic mass is 10.1. The Bertz CT molecular complexity index is 1310. The summed E-state index contributed by atoms with van der Waals surface area (Å²) in [7, 11) is 0. The van der Waals surface area contributed by atoms with Crippen LogP contribution in [-0.4, -0.2) is 29.4 Å². The summed E-state index contributed by atoms with van der Waals surface area (Å²) in [6.45, 7) is 2.08. The molecule has 4 amide bonds. The maximum absolute atomic E-state index is 13.1. The average molecular weight is 447 g/mol. The van der Waals surface area contributed by atoms with E-state index in [1.807, 2.05) is 0 Å². The van der Waals surface area contributed by atoms with Crippen molar-refractivity contribution in [1.82, 2.24) is 5.32 Å². The van der Waals surface area contributed by atoms with E-state index in [0.29, 0.717) is 23.7 Å². The van der Waals surface area contributed by atoms with Gasteiger partial charge < -0.3 is 9.15 Å². The summed E-state index contributed by atoms with van der Waals surface area (Å²) < 4.78 is 11.2. The minimum atomic E-state index is -0.897. The second kappa shape index (κ2) is 8.79. The van der Waals surface area contributed by atoms with E-state index in [1.165, 1.54) is 36.4 Å². The molecular formula is C23H17N3O7. The summed E-state index contributed by atoms with van der Waals surface area (Å²) in [4.78, 5) is 49.3. The van der Waals surface area contributed by atoms with Gasteiger partial charge in [-0.05, 0) is 37.3 Å². The number of imide groups is 2. The number of nitro benzene ring substituents is 1. The van der Waals surface area contributed by atoms with E-state index in [2.05, 4.69) is 5.32 Å². The number of hydrogen-bond donors (Lipinski definition) is 1. The van der Waals surface area contributed by atoms with Gasteiger partial charge in [-0.3, -0.25) is 25.0 Å². The summed E-state index contributed by atoms with van der Waals surface area (Å²) in [5, 5.41) is 13.1. The molecule has 0 unspecified atom stereocenters. The van der Waals surface area contributed by atoms with Gasteiger partial charge in [-0.25, -0.2) is 9.69 Å². The minimum absolute atomic E-state index is 0.104. The van der Waals surface area contributed by atoms with Gasteiger partial charge in [0.2, 0.25) is 0 Å². The van der Waals surface area contributed by atoms with Crippen molar-refractivity contribution in [3.8, 4) is 17.1 Å². The van der Waals surface area contributed by atoms with Gasteiger partial charge in [-0.1, -0.05) is 24.3 Å². The molecule has 1 aromatic heterocycles. The zero-order chi connectivity index (χ0) is 23.5. The molecular weight excluding hydrogens is 430 g/mol. The number of ether oxygens (including phenoxy) is 1. The third kappa shape index (κ3) is 4.22. The monoisotopic (exact) mass is 447 g/mol. The van der Waals surface area contributed by atoms with Crippen LogP contribution >= 0.6 is 0 Å². The highest BCUT2D eigenvalue weighted by molar-refractivity contribution is 6.39. The number of anilines is 1. The van der Waals surface area contributed by atoms with Crippen molar-refractivity contribution in [1.29, 1.82) is 0 Å². The molecule has 2 heterocycles. The Hall–Kier alpha value is -4.73. The lowest BCUT2D eigenvalue weighted by molar-refractivity contribution is -0.384. The maximum atomic E-state index is 13.1. The Morgan fingerprint density at radius 3 is 2.64 bits per heavy atom. The molecule has 0 radical (unpaired) electrons. The number of amides is 4. The third-order valence-electron chi connectivity index (χ3n) is 4.76. The fourth-order valence-electron chi connectivity index (χ4n) is 3.30. The number of nitrogens with one attached hydrogen (secondary N) is 1. The van der Waals surface area contributed by atoms with E-state index in [1.54, 1.807) is 37.3 Å². The highest BCUT2D eigenvalue weighted by Gasteiger charge is 2.38. The van der Waals surface area contributed by atoms with E-state index in [-0.39, 0.29) is 22.7 Å². The number of nitro groups is 1. The number of furan rings is 1. The molecule has 0 bridgehead atoms. The molecule has 166 valence electrons. The van der Waals surface area contributed by atoms with Gasteiger partial charge in [0.05, 0.1) is 17.2 Å². The first-order valence-corrected chi connectivity index (χ1v) is 9.87. The van der Waals surface area contributed by atoms with E-state index in [4.69, 9.17) is 9.15 Å². The molecule has 2 aromatic carbocycles. The van der Waals surface area contributed by atoms with Gasteiger partial charge in [-0.2, -0.15) is 0 Å².